The molecule has 0 aliphatic rings. The molecular weight excluding hydrogens is 291 g/mol. The molecule has 0 heterocycles. The topological polar surface area (TPSA) is 38.5 Å². The van der Waals surface area contributed by atoms with Crippen LogP contribution in [0, 0.1) is 5.82 Å². The summed E-state index contributed by atoms with van der Waals surface area (Å²) in [7, 11) is 3.49. The second-order valence-electron chi connectivity index (χ2n) is 4.73. The van der Waals surface area contributed by atoms with Gasteiger partial charge >= 0.3 is 0 Å². The molecule has 0 fully saturated rings. The third kappa shape index (κ3) is 3.46. The molecule has 0 aromatic heterocycles. The highest BCUT2D eigenvalue weighted by Crippen LogP contribution is 2.31. The smallest absolute Gasteiger partial charge is 0.137 e. The Labute approximate surface area is 129 Å². The number of nitrogens with zero attached hydrogens (tertiary/aromatic N) is 1. The van der Waals surface area contributed by atoms with Crippen molar-refractivity contribution in [2.75, 3.05) is 25.6 Å². The lowest BCUT2D eigenvalue weighted by Gasteiger charge is -2.29. The van der Waals surface area contributed by atoms with Crippen LogP contribution in [0.4, 0.5) is 10.1 Å². The van der Waals surface area contributed by atoms with E-state index in [1.54, 1.807) is 19.2 Å². The van der Waals surface area contributed by atoms with Crippen LogP contribution in [0.5, 0.6) is 5.75 Å². The minimum Gasteiger partial charge on any atom is -0.495 e. The van der Waals surface area contributed by atoms with E-state index < -0.39 is 0 Å². The number of hydrogen-bond donors (Lipinski definition) is 1. The van der Waals surface area contributed by atoms with Crippen molar-refractivity contribution in [1.82, 2.24) is 0 Å². The van der Waals surface area contributed by atoms with Crippen molar-refractivity contribution in [2.24, 2.45) is 5.73 Å². The minimum absolute atomic E-state index is 0.0566. The van der Waals surface area contributed by atoms with Crippen molar-refractivity contribution >= 4 is 17.3 Å². The number of halogens is 2. The molecule has 0 saturated carbocycles. The number of methoxy groups -OCH3 is 1. The van der Waals surface area contributed by atoms with Crippen LogP contribution in [0.1, 0.15) is 11.6 Å². The minimum atomic E-state index is -0.260. The van der Waals surface area contributed by atoms with E-state index in [1.807, 2.05) is 30.1 Å². The van der Waals surface area contributed by atoms with E-state index >= 15 is 0 Å². The number of anilines is 1. The van der Waals surface area contributed by atoms with Gasteiger partial charge in [-0.3, -0.25) is 0 Å². The Morgan fingerprint density at radius 2 is 1.90 bits per heavy atom. The van der Waals surface area contributed by atoms with E-state index in [2.05, 4.69) is 0 Å². The summed E-state index contributed by atoms with van der Waals surface area (Å²) in [5.74, 6) is 0.365. The monoisotopic (exact) mass is 308 g/mol. The molecule has 3 nitrogen and oxygen atoms in total. The van der Waals surface area contributed by atoms with Gasteiger partial charge in [0.1, 0.15) is 11.6 Å². The zero-order valence-corrected chi connectivity index (χ0v) is 12.8. The molecule has 2 N–H and O–H groups in total. The summed E-state index contributed by atoms with van der Waals surface area (Å²) in [6.45, 7) is 0.413. The van der Waals surface area contributed by atoms with Gasteiger partial charge in [-0.15, -0.1) is 0 Å². The average Bonchev–Trinajstić information content (AvgIpc) is 2.49. The van der Waals surface area contributed by atoms with Crippen LogP contribution in [0.3, 0.4) is 0 Å². The largest absolute Gasteiger partial charge is 0.495 e. The summed E-state index contributed by atoms with van der Waals surface area (Å²) in [4.78, 5) is 2.00. The number of benzene rings is 2. The van der Waals surface area contributed by atoms with E-state index in [1.165, 1.54) is 12.1 Å². The zero-order chi connectivity index (χ0) is 15.4. The van der Waals surface area contributed by atoms with Gasteiger partial charge in [0.25, 0.3) is 0 Å². The molecule has 2 aromatic rings. The molecule has 0 saturated heterocycles. The number of rotatable bonds is 5. The summed E-state index contributed by atoms with van der Waals surface area (Å²) in [5.41, 5.74) is 7.77. The fourth-order valence-electron chi connectivity index (χ4n) is 2.26. The molecule has 0 aliphatic carbocycles. The van der Waals surface area contributed by atoms with Gasteiger partial charge in [-0.25, -0.2) is 4.39 Å². The molecule has 1 atom stereocenters. The van der Waals surface area contributed by atoms with Gasteiger partial charge < -0.3 is 15.4 Å². The van der Waals surface area contributed by atoms with E-state index in [9.17, 15) is 4.39 Å². The molecule has 2 aromatic carbocycles. The molecule has 21 heavy (non-hydrogen) atoms. The normalized spacial score (nSPS) is 12.0. The fraction of sp³-hybridized carbons (Fsp3) is 0.250. The molecule has 0 spiro atoms. The summed E-state index contributed by atoms with van der Waals surface area (Å²) < 4.78 is 18.2. The maximum Gasteiger partial charge on any atom is 0.137 e. The van der Waals surface area contributed by atoms with Crippen molar-refractivity contribution < 1.29 is 9.13 Å². The third-order valence-corrected chi connectivity index (χ3v) is 3.78. The number of nitrogens with two attached hydrogens (primary N) is 1. The van der Waals surface area contributed by atoms with Crippen LogP contribution in [0.15, 0.2) is 42.5 Å². The summed E-state index contributed by atoms with van der Waals surface area (Å²) in [5, 5.41) is 0.543. The van der Waals surface area contributed by atoms with Crippen molar-refractivity contribution in [3.05, 3.63) is 58.9 Å². The first-order chi connectivity index (χ1) is 10.1. The van der Waals surface area contributed by atoms with Crippen LogP contribution in [0.25, 0.3) is 0 Å². The first-order valence-corrected chi connectivity index (χ1v) is 6.96. The Bertz CT molecular complexity index is 604. The Morgan fingerprint density at radius 1 is 1.24 bits per heavy atom. The Kier molecular flexibility index (Phi) is 5.04. The van der Waals surface area contributed by atoms with Gasteiger partial charge in [0.2, 0.25) is 0 Å². The molecule has 0 aliphatic heterocycles. The summed E-state index contributed by atoms with van der Waals surface area (Å²) >= 11 is 6.17. The SMILES string of the molecule is COc1ccc(C(CN)N(C)c2ccc(F)cc2)cc1Cl. The second-order valence-corrected chi connectivity index (χ2v) is 5.14. The lowest BCUT2D eigenvalue weighted by atomic mass is 10.0. The molecule has 112 valence electrons. The predicted molar refractivity (Wildman–Crippen MR) is 84.6 cm³/mol. The molecule has 2 rings (SSSR count). The van der Waals surface area contributed by atoms with Crippen molar-refractivity contribution in [1.29, 1.82) is 0 Å². The van der Waals surface area contributed by atoms with Crippen molar-refractivity contribution in [2.45, 2.75) is 6.04 Å². The Hall–Kier alpha value is -1.78. The molecule has 5 heteroatoms. The molecule has 1 unspecified atom stereocenters. The van der Waals surface area contributed by atoms with Crippen LogP contribution < -0.4 is 15.4 Å². The van der Waals surface area contributed by atoms with E-state index in [4.69, 9.17) is 22.1 Å². The molecule has 0 amide bonds. The number of hydrogen-bond acceptors (Lipinski definition) is 3. The van der Waals surface area contributed by atoms with Gasteiger partial charge in [0.15, 0.2) is 0 Å². The molecular formula is C16H18ClFN2O. The van der Waals surface area contributed by atoms with Crippen LogP contribution in [0.2, 0.25) is 5.02 Å². The van der Waals surface area contributed by atoms with Gasteiger partial charge in [0.05, 0.1) is 18.2 Å². The molecule has 0 bridgehead atoms. The van der Waals surface area contributed by atoms with E-state index in [0.29, 0.717) is 17.3 Å². The predicted octanol–water partition coefficient (Wildman–Crippen LogP) is 3.62. The maximum atomic E-state index is 13.0. The van der Waals surface area contributed by atoms with Crippen molar-refractivity contribution in [3.8, 4) is 5.75 Å². The summed E-state index contributed by atoms with van der Waals surface area (Å²) in [6.07, 6.45) is 0. The second kappa shape index (κ2) is 6.78. The van der Waals surface area contributed by atoms with E-state index in [0.717, 1.165) is 11.3 Å². The third-order valence-electron chi connectivity index (χ3n) is 3.49. The number of ether oxygens (including phenoxy) is 1. The van der Waals surface area contributed by atoms with Crippen LogP contribution >= 0.6 is 11.6 Å². The standard InChI is InChI=1S/C16H18ClFN2O/c1-20(13-6-4-12(18)5-7-13)15(10-19)11-3-8-16(21-2)14(17)9-11/h3-9,15H,10,19H2,1-2H3. The quantitative estimate of drug-likeness (QED) is 0.917. The lowest BCUT2D eigenvalue weighted by Crippen LogP contribution is -2.30. The van der Waals surface area contributed by atoms with Gasteiger partial charge in [-0.2, -0.15) is 0 Å². The van der Waals surface area contributed by atoms with Gasteiger partial charge in [-0.1, -0.05) is 17.7 Å². The highest BCUT2D eigenvalue weighted by molar-refractivity contribution is 6.32. The highest BCUT2D eigenvalue weighted by Gasteiger charge is 2.17. The highest BCUT2D eigenvalue weighted by atomic mass is 35.5. The zero-order valence-electron chi connectivity index (χ0n) is 12.0. The fourth-order valence-corrected chi connectivity index (χ4v) is 2.53. The molecule has 0 radical (unpaired) electrons. The van der Waals surface area contributed by atoms with E-state index in [-0.39, 0.29) is 11.9 Å². The van der Waals surface area contributed by atoms with Crippen LogP contribution in [-0.2, 0) is 0 Å². The summed E-state index contributed by atoms with van der Waals surface area (Å²) in [6, 6.07) is 11.9. The lowest BCUT2D eigenvalue weighted by molar-refractivity contribution is 0.414. The maximum absolute atomic E-state index is 13.0. The van der Waals surface area contributed by atoms with Gasteiger partial charge in [-0.05, 0) is 42.0 Å². The van der Waals surface area contributed by atoms with Crippen LogP contribution in [-0.4, -0.2) is 20.7 Å². The Balaban J connectivity index is 2.30. The first kappa shape index (κ1) is 15.6. The first-order valence-electron chi connectivity index (χ1n) is 6.58. The average molecular weight is 309 g/mol. The Morgan fingerprint density at radius 3 is 2.43 bits per heavy atom. The van der Waals surface area contributed by atoms with Gasteiger partial charge in [0, 0.05) is 19.3 Å². The number of likely N-dealkylation sites (N-methyl/N-ethyl adjacent to an activating group) is 1. The van der Waals surface area contributed by atoms with Crippen molar-refractivity contribution in [3.63, 3.8) is 0 Å².